The van der Waals surface area contributed by atoms with E-state index in [1.807, 2.05) is 37.3 Å². The largest absolute Gasteiger partial charge is 0.369 e. The fraction of sp³-hybridized carbons (Fsp3) is 0.556. The van der Waals surface area contributed by atoms with Crippen LogP contribution in [0.15, 0.2) is 30.6 Å². The van der Waals surface area contributed by atoms with Gasteiger partial charge in [-0.2, -0.15) is 0 Å². The number of rotatable bonds is 6. The van der Waals surface area contributed by atoms with Crippen molar-refractivity contribution in [3.8, 4) is 0 Å². The molecule has 3 heterocycles. The molecule has 0 unspecified atom stereocenters. The third-order valence-electron chi connectivity index (χ3n) is 4.33. The summed E-state index contributed by atoms with van der Waals surface area (Å²) in [6.45, 7) is 6.59. The number of imidazole rings is 1. The summed E-state index contributed by atoms with van der Waals surface area (Å²) >= 11 is 0. The lowest BCUT2D eigenvalue weighted by molar-refractivity contribution is -0.0359. The van der Waals surface area contributed by atoms with Gasteiger partial charge in [-0.1, -0.05) is 13.0 Å². The highest BCUT2D eigenvalue weighted by molar-refractivity contribution is 5.37. The van der Waals surface area contributed by atoms with Crippen LogP contribution in [0.25, 0.3) is 0 Å². The Hall–Kier alpha value is -1.92. The molecule has 6 nitrogen and oxygen atoms in total. The predicted octanol–water partition coefficient (Wildman–Crippen LogP) is 2.33. The van der Waals surface area contributed by atoms with E-state index >= 15 is 0 Å². The molecule has 0 aromatic carbocycles. The van der Waals surface area contributed by atoms with Gasteiger partial charge >= 0.3 is 0 Å². The molecular weight excluding hydrogens is 302 g/mol. The smallest absolute Gasteiger partial charge is 0.128 e. The van der Waals surface area contributed by atoms with Crippen LogP contribution >= 0.6 is 0 Å². The molecule has 0 amide bonds. The molecule has 1 atom stereocenters. The summed E-state index contributed by atoms with van der Waals surface area (Å²) in [4.78, 5) is 13.7. The van der Waals surface area contributed by atoms with Crippen LogP contribution in [0.2, 0.25) is 0 Å². The average molecular weight is 329 g/mol. The molecule has 0 spiro atoms. The molecule has 3 rings (SSSR count). The highest BCUT2D eigenvalue weighted by Crippen LogP contribution is 2.23. The van der Waals surface area contributed by atoms with Gasteiger partial charge in [-0.25, -0.2) is 9.97 Å². The molecular formula is C18H27N5O. The molecule has 2 aromatic rings. The molecule has 0 radical (unpaired) electrons. The number of pyridine rings is 1. The molecule has 24 heavy (non-hydrogen) atoms. The van der Waals surface area contributed by atoms with Gasteiger partial charge in [0.25, 0.3) is 0 Å². The summed E-state index contributed by atoms with van der Waals surface area (Å²) in [6.07, 6.45) is 5.11. The summed E-state index contributed by atoms with van der Waals surface area (Å²) in [7, 11) is 4.02. The maximum absolute atomic E-state index is 5.98. The zero-order valence-electron chi connectivity index (χ0n) is 14.9. The zero-order chi connectivity index (χ0) is 16.9. The van der Waals surface area contributed by atoms with Gasteiger partial charge in [0.2, 0.25) is 0 Å². The number of aryl methyl sites for hydroxylation is 1. The average Bonchev–Trinajstić information content (AvgIpc) is 3.02. The van der Waals surface area contributed by atoms with Crippen LogP contribution in [-0.4, -0.2) is 53.2 Å². The van der Waals surface area contributed by atoms with Gasteiger partial charge in [-0.05, 0) is 18.6 Å². The standard InChI is InChI=1S/C18H27N5O/c1-4-9-23-10-8-19-18(23)14-22-11-12-24-16(13-22)15-6-5-7-17(20-15)21(2)3/h5-8,10,16H,4,9,11-14H2,1-3H3/t16-/m0/s1. The Bertz CT molecular complexity index is 654. The van der Waals surface area contributed by atoms with E-state index in [0.717, 1.165) is 56.5 Å². The molecule has 1 aliphatic rings. The summed E-state index contributed by atoms with van der Waals surface area (Å²) in [5.74, 6) is 2.10. The van der Waals surface area contributed by atoms with Crippen molar-refractivity contribution in [3.63, 3.8) is 0 Å². The monoisotopic (exact) mass is 329 g/mol. The van der Waals surface area contributed by atoms with Crippen molar-refractivity contribution >= 4 is 5.82 Å². The number of aromatic nitrogens is 3. The lowest BCUT2D eigenvalue weighted by atomic mass is 10.2. The predicted molar refractivity (Wildman–Crippen MR) is 95.1 cm³/mol. The Kier molecular flexibility index (Phi) is 5.48. The third-order valence-corrected chi connectivity index (χ3v) is 4.33. The van der Waals surface area contributed by atoms with Crippen molar-refractivity contribution in [3.05, 3.63) is 42.1 Å². The molecule has 0 N–H and O–H groups in total. The van der Waals surface area contributed by atoms with Crippen molar-refractivity contribution in [1.29, 1.82) is 0 Å². The number of anilines is 1. The van der Waals surface area contributed by atoms with Crippen molar-refractivity contribution in [2.75, 3.05) is 38.7 Å². The van der Waals surface area contributed by atoms with Crippen LogP contribution in [-0.2, 0) is 17.8 Å². The summed E-state index contributed by atoms with van der Waals surface area (Å²) in [5, 5.41) is 0. The highest BCUT2D eigenvalue weighted by Gasteiger charge is 2.24. The van der Waals surface area contributed by atoms with Crippen LogP contribution in [0, 0.1) is 0 Å². The van der Waals surface area contributed by atoms with E-state index in [1.54, 1.807) is 0 Å². The molecule has 0 bridgehead atoms. The van der Waals surface area contributed by atoms with E-state index in [1.165, 1.54) is 0 Å². The van der Waals surface area contributed by atoms with Gasteiger partial charge in [0.15, 0.2) is 0 Å². The second-order valence-electron chi connectivity index (χ2n) is 6.45. The highest BCUT2D eigenvalue weighted by atomic mass is 16.5. The van der Waals surface area contributed by atoms with Crippen LogP contribution < -0.4 is 4.90 Å². The van der Waals surface area contributed by atoms with E-state index < -0.39 is 0 Å². The molecule has 130 valence electrons. The molecule has 1 aliphatic heterocycles. The van der Waals surface area contributed by atoms with Crippen molar-refractivity contribution in [1.82, 2.24) is 19.4 Å². The van der Waals surface area contributed by atoms with Crippen LogP contribution in [0.1, 0.15) is 31.0 Å². The van der Waals surface area contributed by atoms with Crippen LogP contribution in [0.5, 0.6) is 0 Å². The number of hydrogen-bond acceptors (Lipinski definition) is 5. The van der Waals surface area contributed by atoms with Crippen molar-refractivity contribution in [2.24, 2.45) is 0 Å². The second kappa shape index (κ2) is 7.77. The summed E-state index contributed by atoms with van der Waals surface area (Å²) in [5.41, 5.74) is 1.00. The van der Waals surface area contributed by atoms with Gasteiger partial charge in [0, 0.05) is 46.1 Å². The lowest BCUT2D eigenvalue weighted by Crippen LogP contribution is -2.38. The van der Waals surface area contributed by atoms with Gasteiger partial charge in [-0.15, -0.1) is 0 Å². The first kappa shape index (κ1) is 16.9. The Morgan fingerprint density at radius 3 is 3.00 bits per heavy atom. The summed E-state index contributed by atoms with van der Waals surface area (Å²) in [6, 6.07) is 6.12. The fourth-order valence-corrected chi connectivity index (χ4v) is 3.03. The van der Waals surface area contributed by atoms with Gasteiger partial charge in [0.1, 0.15) is 17.7 Å². The van der Waals surface area contributed by atoms with Crippen molar-refractivity contribution < 1.29 is 4.74 Å². The van der Waals surface area contributed by atoms with E-state index in [9.17, 15) is 0 Å². The number of hydrogen-bond donors (Lipinski definition) is 0. The number of ether oxygens (including phenoxy) is 1. The zero-order valence-corrected chi connectivity index (χ0v) is 14.9. The second-order valence-corrected chi connectivity index (χ2v) is 6.45. The van der Waals surface area contributed by atoms with Crippen LogP contribution in [0.3, 0.4) is 0 Å². The topological polar surface area (TPSA) is 46.4 Å². The SMILES string of the molecule is CCCn1ccnc1CN1CCO[C@H](c2cccc(N(C)C)n2)C1. The summed E-state index contributed by atoms with van der Waals surface area (Å²) < 4.78 is 8.22. The first-order valence-corrected chi connectivity index (χ1v) is 8.65. The lowest BCUT2D eigenvalue weighted by Gasteiger charge is -2.32. The molecule has 0 saturated carbocycles. The Morgan fingerprint density at radius 1 is 1.33 bits per heavy atom. The molecule has 6 heteroatoms. The Morgan fingerprint density at radius 2 is 2.21 bits per heavy atom. The first-order chi connectivity index (χ1) is 11.7. The van der Waals surface area contributed by atoms with Gasteiger partial charge < -0.3 is 14.2 Å². The van der Waals surface area contributed by atoms with Crippen molar-refractivity contribution in [2.45, 2.75) is 32.5 Å². The number of morpholine rings is 1. The number of nitrogens with zero attached hydrogens (tertiary/aromatic N) is 5. The van der Waals surface area contributed by atoms with Gasteiger partial charge in [0.05, 0.1) is 18.8 Å². The molecule has 1 fully saturated rings. The molecule has 1 saturated heterocycles. The Labute approximate surface area is 144 Å². The first-order valence-electron chi connectivity index (χ1n) is 8.65. The maximum Gasteiger partial charge on any atom is 0.128 e. The maximum atomic E-state index is 5.98. The van der Waals surface area contributed by atoms with E-state index in [4.69, 9.17) is 9.72 Å². The van der Waals surface area contributed by atoms with E-state index in [0.29, 0.717) is 0 Å². The van der Waals surface area contributed by atoms with Crippen LogP contribution in [0.4, 0.5) is 5.82 Å². The minimum Gasteiger partial charge on any atom is -0.369 e. The van der Waals surface area contributed by atoms with E-state index in [2.05, 4.69) is 33.6 Å². The van der Waals surface area contributed by atoms with Gasteiger partial charge in [-0.3, -0.25) is 4.90 Å². The normalized spacial score (nSPS) is 18.7. The molecule has 2 aromatic heterocycles. The minimum absolute atomic E-state index is 0.0215. The molecule has 0 aliphatic carbocycles. The van der Waals surface area contributed by atoms with E-state index in [-0.39, 0.29) is 6.10 Å². The minimum atomic E-state index is 0.0215. The third kappa shape index (κ3) is 3.94. The quantitative estimate of drug-likeness (QED) is 0.814. The fourth-order valence-electron chi connectivity index (χ4n) is 3.03. The Balaban J connectivity index is 1.68.